The van der Waals surface area contributed by atoms with Crippen molar-refractivity contribution in [1.82, 2.24) is 4.98 Å². The number of hydrogen-bond donors (Lipinski definition) is 3. The molecule has 0 aliphatic rings. The number of nitrogens with one attached hydrogen (secondary N) is 2. The minimum absolute atomic E-state index is 0.376. The lowest BCUT2D eigenvalue weighted by molar-refractivity contribution is 0.0696. The molecule has 0 aliphatic carbocycles. The molecular formula is C11H17Cl2N3O. The normalized spacial score (nSPS) is 14.2. The number of hydrogen-bond acceptors (Lipinski definition) is 4. The minimum atomic E-state index is -0.787. The summed E-state index contributed by atoms with van der Waals surface area (Å²) in [5.74, 6) is 1.06. The monoisotopic (exact) mass is 277 g/mol. The molecule has 0 fully saturated rings. The first-order chi connectivity index (χ1) is 7.89. The van der Waals surface area contributed by atoms with Gasteiger partial charge in [-0.1, -0.05) is 30.1 Å². The van der Waals surface area contributed by atoms with E-state index in [1.54, 1.807) is 20.0 Å². The van der Waals surface area contributed by atoms with E-state index in [1.807, 2.05) is 6.92 Å². The van der Waals surface area contributed by atoms with Gasteiger partial charge >= 0.3 is 0 Å². The maximum atomic E-state index is 9.88. The third kappa shape index (κ3) is 3.91. The first-order valence-electron chi connectivity index (χ1n) is 5.39. The van der Waals surface area contributed by atoms with Crippen LogP contribution in [-0.4, -0.2) is 29.3 Å². The second-order valence-electron chi connectivity index (χ2n) is 4.10. The van der Waals surface area contributed by atoms with E-state index in [4.69, 9.17) is 23.2 Å². The molecule has 0 aromatic carbocycles. The smallest absolute Gasteiger partial charge is 0.147 e. The predicted octanol–water partition coefficient (Wildman–Crippen LogP) is 3.00. The summed E-state index contributed by atoms with van der Waals surface area (Å²) in [6.45, 7) is 4.04. The Morgan fingerprint density at radius 3 is 2.47 bits per heavy atom. The van der Waals surface area contributed by atoms with Gasteiger partial charge in [0.2, 0.25) is 0 Å². The quantitative estimate of drug-likeness (QED) is 0.775. The van der Waals surface area contributed by atoms with Crippen LogP contribution in [0.2, 0.25) is 10.0 Å². The molecule has 17 heavy (non-hydrogen) atoms. The average molecular weight is 278 g/mol. The van der Waals surface area contributed by atoms with Crippen LogP contribution in [0.5, 0.6) is 0 Å². The summed E-state index contributed by atoms with van der Waals surface area (Å²) in [6.07, 6.45) is 0.643. The first-order valence-corrected chi connectivity index (χ1v) is 6.15. The summed E-state index contributed by atoms with van der Waals surface area (Å²) in [4.78, 5) is 4.23. The van der Waals surface area contributed by atoms with Crippen LogP contribution in [0.1, 0.15) is 20.3 Å². The Hall–Kier alpha value is -0.710. The Morgan fingerprint density at radius 2 is 1.94 bits per heavy atom. The lowest BCUT2D eigenvalue weighted by Crippen LogP contribution is -2.32. The molecule has 1 unspecified atom stereocenters. The number of anilines is 2. The van der Waals surface area contributed by atoms with Crippen molar-refractivity contribution in [2.75, 3.05) is 24.2 Å². The lowest BCUT2D eigenvalue weighted by Gasteiger charge is -2.22. The molecule has 1 heterocycles. The highest BCUT2D eigenvalue weighted by atomic mass is 35.5. The average Bonchev–Trinajstić information content (AvgIpc) is 2.28. The second kappa shape index (κ2) is 5.76. The molecule has 1 atom stereocenters. The van der Waals surface area contributed by atoms with Crippen LogP contribution in [0.4, 0.5) is 11.6 Å². The van der Waals surface area contributed by atoms with Crippen LogP contribution in [0, 0.1) is 0 Å². The summed E-state index contributed by atoms with van der Waals surface area (Å²) in [5.41, 5.74) is -0.787. The minimum Gasteiger partial charge on any atom is -0.388 e. The highest BCUT2D eigenvalue weighted by Crippen LogP contribution is 2.29. The zero-order chi connectivity index (χ0) is 13.1. The number of pyridine rings is 1. The van der Waals surface area contributed by atoms with Gasteiger partial charge in [-0.25, -0.2) is 4.98 Å². The fourth-order valence-electron chi connectivity index (χ4n) is 1.17. The molecule has 0 amide bonds. The molecule has 1 aromatic heterocycles. The van der Waals surface area contributed by atoms with Crippen LogP contribution in [-0.2, 0) is 0 Å². The maximum absolute atomic E-state index is 9.88. The fraction of sp³-hybridized carbons (Fsp3) is 0.545. The van der Waals surface area contributed by atoms with Crippen LogP contribution in [0.25, 0.3) is 0 Å². The Kier molecular flexibility index (Phi) is 4.86. The summed E-state index contributed by atoms with van der Waals surface area (Å²) in [7, 11) is 1.73. The van der Waals surface area contributed by atoms with Gasteiger partial charge in [0.15, 0.2) is 0 Å². The van der Waals surface area contributed by atoms with Crippen LogP contribution >= 0.6 is 23.2 Å². The highest BCUT2D eigenvalue weighted by Gasteiger charge is 2.18. The molecule has 0 spiro atoms. The van der Waals surface area contributed by atoms with E-state index < -0.39 is 5.60 Å². The number of aromatic nitrogens is 1. The molecule has 4 nitrogen and oxygen atoms in total. The van der Waals surface area contributed by atoms with E-state index in [-0.39, 0.29) is 0 Å². The van der Waals surface area contributed by atoms with E-state index >= 15 is 0 Å². The molecule has 1 rings (SSSR count). The molecule has 0 aliphatic heterocycles. The van der Waals surface area contributed by atoms with Crippen molar-refractivity contribution < 1.29 is 5.11 Å². The Morgan fingerprint density at radius 1 is 1.35 bits per heavy atom. The number of aliphatic hydroxyl groups is 1. The fourth-order valence-corrected chi connectivity index (χ4v) is 1.68. The zero-order valence-corrected chi connectivity index (χ0v) is 11.7. The Bertz CT molecular complexity index is 397. The molecular weight excluding hydrogens is 261 g/mol. The van der Waals surface area contributed by atoms with Crippen molar-refractivity contribution in [3.05, 3.63) is 16.1 Å². The molecule has 0 bridgehead atoms. The molecule has 0 radical (unpaired) electrons. The van der Waals surface area contributed by atoms with Crippen molar-refractivity contribution in [1.29, 1.82) is 0 Å². The molecule has 96 valence electrons. The largest absolute Gasteiger partial charge is 0.388 e. The van der Waals surface area contributed by atoms with Gasteiger partial charge in [0.05, 0.1) is 15.6 Å². The van der Waals surface area contributed by atoms with Crippen LogP contribution in [0.3, 0.4) is 0 Å². The first kappa shape index (κ1) is 14.4. The third-order valence-electron chi connectivity index (χ3n) is 2.56. The molecule has 3 N–H and O–H groups in total. The summed E-state index contributed by atoms with van der Waals surface area (Å²) in [6, 6.07) is 1.62. The molecule has 0 saturated carbocycles. The van der Waals surface area contributed by atoms with Crippen molar-refractivity contribution in [3.8, 4) is 0 Å². The highest BCUT2D eigenvalue weighted by molar-refractivity contribution is 6.37. The summed E-state index contributed by atoms with van der Waals surface area (Å²) in [5, 5.41) is 16.7. The predicted molar refractivity (Wildman–Crippen MR) is 73.2 cm³/mol. The van der Waals surface area contributed by atoms with Crippen molar-refractivity contribution >= 4 is 34.8 Å². The van der Waals surface area contributed by atoms with E-state index in [2.05, 4.69) is 15.6 Å². The number of rotatable bonds is 5. The second-order valence-corrected chi connectivity index (χ2v) is 4.92. The van der Waals surface area contributed by atoms with Gasteiger partial charge in [-0.15, -0.1) is 0 Å². The van der Waals surface area contributed by atoms with Gasteiger partial charge in [0, 0.05) is 13.6 Å². The van der Waals surface area contributed by atoms with Crippen molar-refractivity contribution in [2.24, 2.45) is 0 Å². The maximum Gasteiger partial charge on any atom is 0.147 e. The number of nitrogens with zero attached hydrogens (tertiary/aromatic N) is 1. The van der Waals surface area contributed by atoms with Gasteiger partial charge in [-0.2, -0.15) is 0 Å². The van der Waals surface area contributed by atoms with Crippen LogP contribution < -0.4 is 10.6 Å². The van der Waals surface area contributed by atoms with Gasteiger partial charge in [0.25, 0.3) is 0 Å². The van der Waals surface area contributed by atoms with Gasteiger partial charge < -0.3 is 15.7 Å². The van der Waals surface area contributed by atoms with E-state index in [0.29, 0.717) is 34.6 Å². The van der Waals surface area contributed by atoms with Gasteiger partial charge in [-0.3, -0.25) is 0 Å². The van der Waals surface area contributed by atoms with E-state index in [9.17, 15) is 5.11 Å². The van der Waals surface area contributed by atoms with Crippen molar-refractivity contribution in [2.45, 2.75) is 25.9 Å². The van der Waals surface area contributed by atoms with E-state index in [1.165, 1.54) is 0 Å². The Labute approximate surface area is 111 Å². The third-order valence-corrected chi connectivity index (χ3v) is 3.14. The van der Waals surface area contributed by atoms with E-state index in [0.717, 1.165) is 0 Å². The summed E-state index contributed by atoms with van der Waals surface area (Å²) < 4.78 is 0. The lowest BCUT2D eigenvalue weighted by atomic mass is 10.0. The topological polar surface area (TPSA) is 57.2 Å². The summed E-state index contributed by atoms with van der Waals surface area (Å²) >= 11 is 11.9. The standard InChI is InChI=1S/C11H17Cl2N3O/c1-4-11(2,17)6-15-10-8(13)5-7(12)9(14-3)16-10/h5,17H,4,6H2,1-3H3,(H2,14,15,16). The molecule has 6 heteroatoms. The Balaban J connectivity index is 2.84. The van der Waals surface area contributed by atoms with Gasteiger partial charge in [0.1, 0.15) is 11.6 Å². The zero-order valence-electron chi connectivity index (χ0n) is 10.1. The van der Waals surface area contributed by atoms with Crippen molar-refractivity contribution in [3.63, 3.8) is 0 Å². The SMILES string of the molecule is CCC(C)(O)CNc1nc(NC)c(Cl)cc1Cl. The van der Waals surface area contributed by atoms with Crippen LogP contribution in [0.15, 0.2) is 6.07 Å². The number of halogens is 2. The van der Waals surface area contributed by atoms with Gasteiger partial charge in [-0.05, 0) is 19.4 Å². The molecule has 1 aromatic rings. The molecule has 0 saturated heterocycles.